The Morgan fingerprint density at radius 1 is 0.941 bits per heavy atom. The molecule has 34 heavy (non-hydrogen) atoms. The molecule has 1 amide bonds. The van der Waals surface area contributed by atoms with Crippen molar-refractivity contribution in [1.29, 1.82) is 0 Å². The van der Waals surface area contributed by atoms with Crippen LogP contribution in [0.1, 0.15) is 27.8 Å². The van der Waals surface area contributed by atoms with Crippen molar-refractivity contribution in [2.75, 3.05) is 0 Å². The summed E-state index contributed by atoms with van der Waals surface area (Å²) < 4.78 is 3.57. The second-order valence-corrected chi connectivity index (χ2v) is 8.12. The standard InChI is InChI=1S/C26H20N6O2/c1-31-21-14-8-6-12-19(21)28-24(31)22(16-9-3-2-4-10-16)29-26(34)18-15-27-32-20-13-7-5-11-17(20)25(33)30-23(18)32/h2-15,22H,1H3,(H,29,34)(H,30,33). The lowest BCUT2D eigenvalue weighted by atomic mass is 10.1. The van der Waals surface area contributed by atoms with Gasteiger partial charge in [-0.3, -0.25) is 9.59 Å². The van der Waals surface area contributed by atoms with E-state index in [0.29, 0.717) is 22.4 Å². The van der Waals surface area contributed by atoms with Gasteiger partial charge in [-0.15, -0.1) is 0 Å². The summed E-state index contributed by atoms with van der Waals surface area (Å²) in [5, 5.41) is 8.00. The summed E-state index contributed by atoms with van der Waals surface area (Å²) in [4.78, 5) is 33.8. The lowest BCUT2D eigenvalue weighted by Gasteiger charge is -2.19. The maximum Gasteiger partial charge on any atom is 0.259 e. The Morgan fingerprint density at radius 3 is 2.44 bits per heavy atom. The Labute approximate surface area is 193 Å². The van der Waals surface area contributed by atoms with Gasteiger partial charge in [0.25, 0.3) is 11.5 Å². The number of hydrogen-bond acceptors (Lipinski definition) is 4. The summed E-state index contributed by atoms with van der Waals surface area (Å²) >= 11 is 0. The molecule has 8 nitrogen and oxygen atoms in total. The molecule has 0 saturated heterocycles. The molecule has 8 heteroatoms. The van der Waals surface area contributed by atoms with Crippen molar-refractivity contribution >= 4 is 33.5 Å². The van der Waals surface area contributed by atoms with Gasteiger partial charge in [0.15, 0.2) is 0 Å². The van der Waals surface area contributed by atoms with E-state index < -0.39 is 6.04 Å². The van der Waals surface area contributed by atoms with Gasteiger partial charge in [0.1, 0.15) is 23.1 Å². The van der Waals surface area contributed by atoms with Crippen molar-refractivity contribution in [3.63, 3.8) is 0 Å². The van der Waals surface area contributed by atoms with Gasteiger partial charge in [0, 0.05) is 7.05 Å². The Balaban J connectivity index is 1.47. The van der Waals surface area contributed by atoms with Crippen LogP contribution < -0.4 is 10.9 Å². The molecule has 3 aromatic carbocycles. The molecule has 0 spiro atoms. The first-order valence-electron chi connectivity index (χ1n) is 10.9. The summed E-state index contributed by atoms with van der Waals surface area (Å²) in [6.07, 6.45) is 1.48. The molecule has 3 heterocycles. The number of amides is 1. The molecule has 0 fully saturated rings. The maximum atomic E-state index is 13.5. The number of rotatable bonds is 4. The molecule has 6 rings (SSSR count). The quantitative estimate of drug-likeness (QED) is 0.431. The third-order valence-electron chi connectivity index (χ3n) is 6.11. The molecule has 1 unspecified atom stereocenters. The second kappa shape index (κ2) is 7.70. The van der Waals surface area contributed by atoms with Crippen LogP contribution in [0.5, 0.6) is 0 Å². The van der Waals surface area contributed by atoms with Crippen molar-refractivity contribution in [2.45, 2.75) is 6.04 Å². The van der Waals surface area contributed by atoms with Gasteiger partial charge in [-0.05, 0) is 29.8 Å². The number of benzene rings is 3. The number of nitrogens with one attached hydrogen (secondary N) is 2. The zero-order valence-corrected chi connectivity index (χ0v) is 18.3. The summed E-state index contributed by atoms with van der Waals surface area (Å²) in [5.41, 5.74) is 3.70. The van der Waals surface area contributed by atoms with E-state index in [1.807, 2.05) is 72.3 Å². The fourth-order valence-electron chi connectivity index (χ4n) is 4.42. The fourth-order valence-corrected chi connectivity index (χ4v) is 4.42. The van der Waals surface area contributed by atoms with E-state index in [0.717, 1.165) is 16.6 Å². The van der Waals surface area contributed by atoms with Crippen LogP contribution in [0.3, 0.4) is 0 Å². The summed E-state index contributed by atoms with van der Waals surface area (Å²) in [5.74, 6) is 0.345. The first-order chi connectivity index (χ1) is 16.6. The normalized spacial score (nSPS) is 12.4. The monoisotopic (exact) mass is 448 g/mol. The van der Waals surface area contributed by atoms with Gasteiger partial charge in [0.05, 0.1) is 28.1 Å². The first kappa shape index (κ1) is 19.9. The third kappa shape index (κ3) is 3.07. The highest BCUT2D eigenvalue weighted by atomic mass is 16.2. The lowest BCUT2D eigenvalue weighted by Crippen LogP contribution is -2.31. The van der Waals surface area contributed by atoms with Crippen molar-refractivity contribution < 1.29 is 4.79 Å². The minimum atomic E-state index is -0.506. The average molecular weight is 448 g/mol. The van der Waals surface area contributed by atoms with Crippen molar-refractivity contribution in [1.82, 2.24) is 29.5 Å². The molecule has 3 aromatic heterocycles. The predicted octanol–water partition coefficient (Wildman–Crippen LogP) is 3.58. The molecule has 0 aliphatic rings. The Morgan fingerprint density at radius 2 is 1.65 bits per heavy atom. The number of fused-ring (bicyclic) bond motifs is 4. The number of aromatic nitrogens is 5. The minimum Gasteiger partial charge on any atom is -0.338 e. The molecule has 1 atom stereocenters. The topological polar surface area (TPSA) is 97.1 Å². The highest BCUT2D eigenvalue weighted by Crippen LogP contribution is 2.26. The number of aromatic amines is 1. The van der Waals surface area contributed by atoms with Crippen LogP contribution in [0, 0.1) is 0 Å². The predicted molar refractivity (Wildman–Crippen MR) is 130 cm³/mol. The number of para-hydroxylation sites is 3. The fraction of sp³-hybridized carbons (Fsp3) is 0.0769. The number of carbonyl (C=O) groups excluding carboxylic acids is 1. The van der Waals surface area contributed by atoms with Crippen LogP contribution in [0.25, 0.3) is 27.6 Å². The maximum absolute atomic E-state index is 13.5. The zero-order valence-electron chi connectivity index (χ0n) is 18.3. The number of aryl methyl sites for hydroxylation is 1. The number of hydrogen-bond donors (Lipinski definition) is 2. The molecule has 166 valence electrons. The van der Waals surface area contributed by atoms with Gasteiger partial charge in [0.2, 0.25) is 0 Å². The smallest absolute Gasteiger partial charge is 0.259 e. The van der Waals surface area contributed by atoms with E-state index in [1.54, 1.807) is 22.7 Å². The number of imidazole rings is 1. The highest BCUT2D eigenvalue weighted by molar-refractivity contribution is 6.01. The van der Waals surface area contributed by atoms with E-state index in [1.165, 1.54) is 6.20 Å². The lowest BCUT2D eigenvalue weighted by molar-refractivity contribution is 0.0942. The van der Waals surface area contributed by atoms with E-state index >= 15 is 0 Å². The Hall–Kier alpha value is -4.72. The van der Waals surface area contributed by atoms with Crippen molar-refractivity contribution in [3.05, 3.63) is 112 Å². The van der Waals surface area contributed by atoms with Crippen LogP contribution in [0.15, 0.2) is 89.9 Å². The van der Waals surface area contributed by atoms with Crippen LogP contribution in [-0.2, 0) is 7.05 Å². The molecular weight excluding hydrogens is 428 g/mol. The zero-order chi connectivity index (χ0) is 23.2. The first-order valence-corrected chi connectivity index (χ1v) is 10.9. The van der Waals surface area contributed by atoms with E-state index in [4.69, 9.17) is 4.98 Å². The minimum absolute atomic E-state index is 0.271. The van der Waals surface area contributed by atoms with Crippen molar-refractivity contribution in [3.8, 4) is 0 Å². The number of carbonyl (C=O) groups is 1. The molecule has 6 aromatic rings. The van der Waals surface area contributed by atoms with Gasteiger partial charge in [-0.1, -0.05) is 54.6 Å². The summed E-state index contributed by atoms with van der Waals surface area (Å²) in [6, 6.07) is 24.2. The summed E-state index contributed by atoms with van der Waals surface area (Å²) in [7, 11) is 1.94. The van der Waals surface area contributed by atoms with Crippen LogP contribution in [-0.4, -0.2) is 30.1 Å². The molecular formula is C26H20N6O2. The Bertz CT molecular complexity index is 1750. The Kier molecular flexibility index (Phi) is 4.51. The van der Waals surface area contributed by atoms with Gasteiger partial charge < -0.3 is 14.9 Å². The molecule has 0 aliphatic carbocycles. The van der Waals surface area contributed by atoms with Crippen molar-refractivity contribution in [2.24, 2.45) is 7.05 Å². The average Bonchev–Trinajstić information content (AvgIpc) is 3.45. The SMILES string of the molecule is Cn1c(C(NC(=O)c2cnn3c2[nH]c(=O)c2ccccc23)c2ccccc2)nc2ccccc21. The van der Waals surface area contributed by atoms with Crippen LogP contribution in [0.4, 0.5) is 0 Å². The third-order valence-corrected chi connectivity index (χ3v) is 6.11. The summed E-state index contributed by atoms with van der Waals surface area (Å²) in [6.45, 7) is 0. The molecule has 0 radical (unpaired) electrons. The van der Waals surface area contributed by atoms with E-state index in [-0.39, 0.29) is 17.0 Å². The number of H-pyrrole nitrogens is 1. The van der Waals surface area contributed by atoms with Crippen LogP contribution >= 0.6 is 0 Å². The molecule has 0 bridgehead atoms. The van der Waals surface area contributed by atoms with E-state index in [9.17, 15) is 9.59 Å². The van der Waals surface area contributed by atoms with Gasteiger partial charge >= 0.3 is 0 Å². The van der Waals surface area contributed by atoms with Gasteiger partial charge in [-0.25, -0.2) is 9.50 Å². The number of nitrogens with zero attached hydrogens (tertiary/aromatic N) is 4. The second-order valence-electron chi connectivity index (χ2n) is 8.12. The van der Waals surface area contributed by atoms with Crippen LogP contribution in [0.2, 0.25) is 0 Å². The molecule has 0 aliphatic heterocycles. The molecule has 2 N–H and O–H groups in total. The van der Waals surface area contributed by atoms with E-state index in [2.05, 4.69) is 15.4 Å². The molecule has 0 saturated carbocycles. The van der Waals surface area contributed by atoms with Gasteiger partial charge in [-0.2, -0.15) is 5.10 Å². The highest BCUT2D eigenvalue weighted by Gasteiger charge is 2.25. The largest absolute Gasteiger partial charge is 0.338 e.